The molecule has 1 rings (SSSR count). The highest BCUT2D eigenvalue weighted by Crippen LogP contribution is 2.49. The maximum absolute atomic E-state index is 14.0. The molecule has 220 valence electrons. The fraction of sp³-hybridized carbons (Fsp3) is 0.613. The number of ether oxygens (including phenoxy) is 2. The molecule has 0 fully saturated rings. The van der Waals surface area contributed by atoms with Gasteiger partial charge in [-0.3, -0.25) is 4.57 Å². The molecule has 0 aliphatic rings. The van der Waals surface area contributed by atoms with Gasteiger partial charge in [-0.05, 0) is 57.1 Å². The van der Waals surface area contributed by atoms with Crippen LogP contribution in [0.15, 0.2) is 48.6 Å². The van der Waals surface area contributed by atoms with Crippen LogP contribution in [-0.4, -0.2) is 38.4 Å². The first-order valence-corrected chi connectivity index (χ1v) is 15.8. The Morgan fingerprint density at radius 3 is 1.49 bits per heavy atom. The molecule has 0 radical (unpaired) electrons. The highest BCUT2D eigenvalue weighted by atomic mass is 31.2. The van der Waals surface area contributed by atoms with E-state index < -0.39 is 7.60 Å². The van der Waals surface area contributed by atoms with Gasteiger partial charge >= 0.3 is 19.5 Å². The maximum Gasteiger partial charge on any atom is 0.361 e. The van der Waals surface area contributed by atoms with Crippen LogP contribution in [0.1, 0.15) is 103 Å². The Bertz CT molecular complexity index is 906. The highest BCUT2D eigenvalue weighted by Gasteiger charge is 2.30. The molecule has 0 aromatic heterocycles. The Labute approximate surface area is 235 Å². The molecule has 7 nitrogen and oxygen atoms in total. The van der Waals surface area contributed by atoms with Crippen LogP contribution in [0.25, 0.3) is 0 Å². The first-order chi connectivity index (χ1) is 18.6. The van der Waals surface area contributed by atoms with Gasteiger partial charge in [0, 0.05) is 11.1 Å². The maximum atomic E-state index is 14.0. The summed E-state index contributed by atoms with van der Waals surface area (Å²) in [6, 6.07) is 7.67. The van der Waals surface area contributed by atoms with Crippen molar-refractivity contribution in [2.75, 3.05) is 26.4 Å². The van der Waals surface area contributed by atoms with E-state index >= 15 is 0 Å². The van der Waals surface area contributed by atoms with Crippen molar-refractivity contribution in [2.45, 2.75) is 97.8 Å². The van der Waals surface area contributed by atoms with Crippen molar-refractivity contribution in [3.05, 3.63) is 54.1 Å². The third-order valence-corrected chi connectivity index (χ3v) is 8.16. The number of hydrogen-bond acceptors (Lipinski definition) is 7. The van der Waals surface area contributed by atoms with Gasteiger partial charge in [0.05, 0.1) is 31.7 Å². The normalized spacial score (nSPS) is 11.4. The first-order valence-electron chi connectivity index (χ1n) is 14.2. The molecule has 1 aromatic carbocycles. The van der Waals surface area contributed by atoms with Crippen LogP contribution in [0.4, 0.5) is 0 Å². The topological polar surface area (TPSA) is 88.1 Å². The zero-order chi connectivity index (χ0) is 29.1. The summed E-state index contributed by atoms with van der Waals surface area (Å²) in [7, 11) is -3.47. The molecule has 0 amide bonds. The lowest BCUT2D eigenvalue weighted by Gasteiger charge is -2.22. The summed E-state index contributed by atoms with van der Waals surface area (Å²) >= 11 is 0. The lowest BCUT2D eigenvalue weighted by atomic mass is 10.0. The second-order valence-corrected chi connectivity index (χ2v) is 12.2. The number of carbonyl (C=O) groups excluding carboxylic acids is 2. The highest BCUT2D eigenvalue weighted by molar-refractivity contribution is 7.62. The zero-order valence-corrected chi connectivity index (χ0v) is 25.4. The van der Waals surface area contributed by atoms with Crippen molar-refractivity contribution < 1.29 is 32.7 Å². The Balaban J connectivity index is 2.46. The molecule has 0 spiro atoms. The van der Waals surface area contributed by atoms with Crippen molar-refractivity contribution >= 4 is 24.8 Å². The van der Waals surface area contributed by atoms with Gasteiger partial charge in [0.15, 0.2) is 0 Å². The van der Waals surface area contributed by atoms with E-state index in [9.17, 15) is 14.2 Å². The van der Waals surface area contributed by atoms with E-state index in [1.807, 2.05) is 24.3 Å². The SMILES string of the molecule is C=C(C)C(=O)OCCCCCCCOP(=O)(OCCCCCCCOC(=O)C(=C)C)c1ccccc1C(C)C. The molecule has 0 aliphatic heterocycles. The zero-order valence-electron chi connectivity index (χ0n) is 24.5. The summed E-state index contributed by atoms with van der Waals surface area (Å²) in [4.78, 5) is 22.8. The number of rotatable bonds is 22. The van der Waals surface area contributed by atoms with E-state index in [4.69, 9.17) is 18.5 Å². The lowest BCUT2D eigenvalue weighted by molar-refractivity contribution is -0.139. The minimum atomic E-state index is -3.47. The summed E-state index contributed by atoms with van der Waals surface area (Å²) < 4.78 is 36.2. The molecule has 0 bridgehead atoms. The third kappa shape index (κ3) is 14.7. The van der Waals surface area contributed by atoms with Crippen LogP contribution in [0, 0.1) is 0 Å². The predicted molar refractivity (Wildman–Crippen MR) is 157 cm³/mol. The van der Waals surface area contributed by atoms with E-state index in [1.165, 1.54) is 0 Å². The number of esters is 2. The van der Waals surface area contributed by atoms with E-state index in [-0.39, 0.29) is 17.9 Å². The van der Waals surface area contributed by atoms with Crippen molar-refractivity contribution in [3.63, 3.8) is 0 Å². The van der Waals surface area contributed by atoms with Gasteiger partial charge in [-0.25, -0.2) is 9.59 Å². The van der Waals surface area contributed by atoms with Crippen LogP contribution in [-0.2, 0) is 32.7 Å². The Kier molecular flexibility index (Phi) is 17.7. The monoisotopic (exact) mass is 564 g/mol. The first kappa shape index (κ1) is 34.8. The minimum absolute atomic E-state index is 0.194. The molecule has 0 unspecified atom stereocenters. The van der Waals surface area contributed by atoms with Gasteiger partial charge in [-0.15, -0.1) is 0 Å². The van der Waals surface area contributed by atoms with Crippen molar-refractivity contribution in [3.8, 4) is 0 Å². The van der Waals surface area contributed by atoms with Crippen LogP contribution < -0.4 is 5.30 Å². The molecule has 8 heteroatoms. The van der Waals surface area contributed by atoms with Crippen LogP contribution in [0.3, 0.4) is 0 Å². The number of hydrogen-bond donors (Lipinski definition) is 0. The summed E-state index contributed by atoms with van der Waals surface area (Å²) in [5.41, 5.74) is 1.81. The summed E-state index contributed by atoms with van der Waals surface area (Å²) in [6.07, 6.45) is 8.89. The van der Waals surface area contributed by atoms with Gasteiger partial charge in [0.2, 0.25) is 0 Å². The van der Waals surface area contributed by atoms with Gasteiger partial charge in [-0.1, -0.05) is 83.7 Å². The molecule has 0 aliphatic carbocycles. The van der Waals surface area contributed by atoms with Gasteiger partial charge in [-0.2, -0.15) is 0 Å². The minimum Gasteiger partial charge on any atom is -0.462 e. The Morgan fingerprint density at radius 2 is 1.08 bits per heavy atom. The third-order valence-electron chi connectivity index (χ3n) is 6.12. The Hall–Kier alpha value is -2.21. The Morgan fingerprint density at radius 1 is 0.692 bits per heavy atom. The van der Waals surface area contributed by atoms with Crippen LogP contribution in [0.5, 0.6) is 0 Å². The second kappa shape index (κ2) is 19.8. The number of carbonyl (C=O) groups is 2. The predicted octanol–water partition coefficient (Wildman–Crippen LogP) is 7.80. The molecular weight excluding hydrogens is 515 g/mol. The average molecular weight is 565 g/mol. The van der Waals surface area contributed by atoms with Gasteiger partial charge in [0.25, 0.3) is 0 Å². The van der Waals surface area contributed by atoms with Gasteiger partial charge < -0.3 is 18.5 Å². The molecule has 0 N–H and O–H groups in total. The largest absolute Gasteiger partial charge is 0.462 e. The van der Waals surface area contributed by atoms with E-state index in [0.717, 1.165) is 69.8 Å². The summed E-state index contributed by atoms with van der Waals surface area (Å²) in [5.74, 6) is -0.496. The smallest absolute Gasteiger partial charge is 0.361 e. The quantitative estimate of drug-likeness (QED) is 0.0614. The van der Waals surface area contributed by atoms with Crippen LogP contribution in [0.2, 0.25) is 0 Å². The van der Waals surface area contributed by atoms with Gasteiger partial charge in [0.1, 0.15) is 0 Å². The van der Waals surface area contributed by atoms with Crippen molar-refractivity contribution in [1.82, 2.24) is 0 Å². The van der Waals surface area contributed by atoms with Crippen molar-refractivity contribution in [1.29, 1.82) is 0 Å². The number of unbranched alkanes of at least 4 members (excludes halogenated alkanes) is 8. The molecule has 0 saturated heterocycles. The fourth-order valence-corrected chi connectivity index (χ4v) is 5.83. The fourth-order valence-electron chi connectivity index (χ4n) is 3.82. The average Bonchev–Trinajstić information content (AvgIpc) is 2.90. The molecular formula is C31H49O7P. The molecule has 0 saturated carbocycles. The van der Waals surface area contributed by atoms with E-state index in [1.54, 1.807) is 13.8 Å². The van der Waals surface area contributed by atoms with E-state index in [0.29, 0.717) is 42.9 Å². The van der Waals surface area contributed by atoms with E-state index in [2.05, 4.69) is 27.0 Å². The summed E-state index contributed by atoms with van der Waals surface area (Å²) in [5, 5.41) is 0.652. The standard InChI is InChI=1S/C31H49O7P/c1-25(2)28-19-13-14-20-29(28)39(34,37-23-17-11-7-9-15-21-35-30(32)26(3)4)38-24-18-12-8-10-16-22-36-31(33)27(5)6/h13-14,19-20,25H,3,5,7-12,15-18,21-24H2,1-2,4,6H3. The summed E-state index contributed by atoms with van der Waals surface area (Å²) in [6.45, 7) is 16.1. The molecule has 0 atom stereocenters. The van der Waals surface area contributed by atoms with Crippen LogP contribution >= 0.6 is 7.60 Å². The lowest BCUT2D eigenvalue weighted by Crippen LogP contribution is -2.17. The van der Waals surface area contributed by atoms with Crippen molar-refractivity contribution in [2.24, 2.45) is 0 Å². The second-order valence-electron chi connectivity index (χ2n) is 10.2. The number of benzene rings is 1. The molecule has 1 aromatic rings. The molecule has 0 heterocycles. The molecule has 39 heavy (non-hydrogen) atoms.